The van der Waals surface area contributed by atoms with Crippen LogP contribution in [0.2, 0.25) is 0 Å². The van der Waals surface area contributed by atoms with E-state index in [4.69, 9.17) is 5.73 Å². The molecule has 1 fully saturated rings. The molecule has 1 aliphatic carbocycles. The third-order valence-electron chi connectivity index (χ3n) is 2.24. The predicted molar refractivity (Wildman–Crippen MR) is 57.1 cm³/mol. The van der Waals surface area contributed by atoms with E-state index < -0.39 is 4.92 Å². The highest BCUT2D eigenvalue weighted by atomic mass is 16.6. The number of nitrogens with two attached hydrogens (primary N) is 1. The Bertz CT molecular complexity index is 467. The van der Waals surface area contributed by atoms with Crippen LogP contribution >= 0.6 is 0 Å². The normalized spacial score (nSPS) is 14.1. The van der Waals surface area contributed by atoms with E-state index in [0.717, 1.165) is 12.8 Å². The van der Waals surface area contributed by atoms with Crippen molar-refractivity contribution in [3.63, 3.8) is 0 Å². The summed E-state index contributed by atoms with van der Waals surface area (Å²) in [5, 5.41) is 10.5. The Morgan fingerprint density at radius 2 is 2.20 bits per heavy atom. The molecule has 0 spiro atoms. The zero-order valence-corrected chi connectivity index (χ0v) is 8.06. The van der Waals surface area contributed by atoms with Gasteiger partial charge in [-0.1, -0.05) is 11.8 Å². The van der Waals surface area contributed by atoms with Gasteiger partial charge in [0.2, 0.25) is 0 Å². The van der Waals surface area contributed by atoms with Gasteiger partial charge in [-0.2, -0.15) is 0 Å². The summed E-state index contributed by atoms with van der Waals surface area (Å²) in [6.07, 6.45) is 2.25. The number of benzene rings is 1. The maximum atomic E-state index is 10.5. The van der Waals surface area contributed by atoms with Crippen LogP contribution in [0.4, 0.5) is 11.4 Å². The summed E-state index contributed by atoms with van der Waals surface area (Å²) in [5.74, 6) is 6.38. The molecule has 0 radical (unpaired) electrons. The van der Waals surface area contributed by atoms with E-state index in [9.17, 15) is 10.1 Å². The van der Waals surface area contributed by atoms with Gasteiger partial charge >= 0.3 is 0 Å². The number of nitro benzene ring substituents is 1. The van der Waals surface area contributed by atoms with Crippen molar-refractivity contribution >= 4 is 11.4 Å². The van der Waals surface area contributed by atoms with Crippen LogP contribution in [0.15, 0.2) is 18.2 Å². The van der Waals surface area contributed by atoms with Crippen LogP contribution in [0.25, 0.3) is 0 Å². The Labute approximate surface area is 87.2 Å². The molecule has 0 heterocycles. The van der Waals surface area contributed by atoms with Crippen molar-refractivity contribution in [1.29, 1.82) is 0 Å². The summed E-state index contributed by atoms with van der Waals surface area (Å²) in [7, 11) is 0. The fourth-order valence-electron chi connectivity index (χ4n) is 1.17. The van der Waals surface area contributed by atoms with Crippen LogP contribution in [0.3, 0.4) is 0 Å². The molecule has 76 valence electrons. The van der Waals surface area contributed by atoms with E-state index >= 15 is 0 Å². The van der Waals surface area contributed by atoms with E-state index in [1.807, 2.05) is 0 Å². The van der Waals surface area contributed by atoms with Crippen molar-refractivity contribution in [3.05, 3.63) is 33.9 Å². The number of nitro groups is 1. The molecule has 2 N–H and O–H groups in total. The molecule has 0 unspecified atom stereocenters. The molecule has 0 saturated heterocycles. The summed E-state index contributed by atoms with van der Waals surface area (Å²) < 4.78 is 0. The SMILES string of the molecule is Nc1ccc([N+](=O)[O-])cc1C#CC1CC1. The minimum absolute atomic E-state index is 0.0318. The third-order valence-corrected chi connectivity index (χ3v) is 2.24. The first-order chi connectivity index (χ1) is 7.16. The highest BCUT2D eigenvalue weighted by molar-refractivity contribution is 5.60. The number of non-ortho nitro benzene ring substituents is 1. The van der Waals surface area contributed by atoms with Crippen LogP contribution < -0.4 is 5.73 Å². The second-order valence-electron chi connectivity index (χ2n) is 3.57. The quantitative estimate of drug-likeness (QED) is 0.327. The monoisotopic (exact) mass is 202 g/mol. The third kappa shape index (κ3) is 2.26. The van der Waals surface area contributed by atoms with Crippen LogP contribution in [0.1, 0.15) is 18.4 Å². The average Bonchev–Trinajstić information content (AvgIpc) is 3.00. The summed E-state index contributed by atoms with van der Waals surface area (Å²) in [6, 6.07) is 4.33. The Morgan fingerprint density at radius 3 is 2.80 bits per heavy atom. The molecule has 15 heavy (non-hydrogen) atoms. The first-order valence-corrected chi connectivity index (χ1v) is 4.72. The summed E-state index contributed by atoms with van der Waals surface area (Å²) in [6.45, 7) is 0. The van der Waals surface area contributed by atoms with Crippen LogP contribution in [0, 0.1) is 27.9 Å². The maximum Gasteiger partial charge on any atom is 0.270 e. The lowest BCUT2D eigenvalue weighted by Crippen LogP contribution is -1.93. The Morgan fingerprint density at radius 1 is 1.47 bits per heavy atom. The lowest BCUT2D eigenvalue weighted by molar-refractivity contribution is -0.384. The first kappa shape index (κ1) is 9.53. The topological polar surface area (TPSA) is 69.2 Å². The van der Waals surface area contributed by atoms with Gasteiger partial charge in [-0.25, -0.2) is 0 Å². The highest BCUT2D eigenvalue weighted by Gasteiger charge is 2.18. The van der Waals surface area contributed by atoms with Crippen molar-refractivity contribution in [2.75, 3.05) is 5.73 Å². The van der Waals surface area contributed by atoms with Crippen molar-refractivity contribution in [1.82, 2.24) is 0 Å². The van der Waals surface area contributed by atoms with Gasteiger partial charge in [-0.3, -0.25) is 10.1 Å². The Balaban J connectivity index is 2.32. The lowest BCUT2D eigenvalue weighted by Gasteiger charge is -1.97. The standard InChI is InChI=1S/C11H10N2O2/c12-11-6-5-10(13(14)15)7-9(11)4-3-8-1-2-8/h5-8H,1-2,12H2. The van der Waals surface area contributed by atoms with Gasteiger partial charge in [0.25, 0.3) is 5.69 Å². The second-order valence-corrected chi connectivity index (χ2v) is 3.57. The van der Waals surface area contributed by atoms with Gasteiger partial charge in [-0.05, 0) is 18.9 Å². The molecular weight excluding hydrogens is 192 g/mol. The van der Waals surface area contributed by atoms with Gasteiger partial charge in [-0.15, -0.1) is 0 Å². The molecular formula is C11H10N2O2. The molecule has 1 aromatic rings. The number of rotatable bonds is 1. The molecule has 2 rings (SSSR count). The fourth-order valence-corrected chi connectivity index (χ4v) is 1.17. The number of hydrogen-bond donors (Lipinski definition) is 1. The van der Waals surface area contributed by atoms with Gasteiger partial charge in [0, 0.05) is 23.7 Å². The molecule has 1 aromatic carbocycles. The van der Waals surface area contributed by atoms with E-state index in [-0.39, 0.29) is 5.69 Å². The van der Waals surface area contributed by atoms with Crippen molar-refractivity contribution in [2.24, 2.45) is 5.92 Å². The van der Waals surface area contributed by atoms with Crippen LogP contribution in [-0.4, -0.2) is 4.92 Å². The van der Waals surface area contributed by atoms with Gasteiger partial charge in [0.15, 0.2) is 0 Å². The van der Waals surface area contributed by atoms with Crippen LogP contribution in [0.5, 0.6) is 0 Å². The summed E-state index contributed by atoms with van der Waals surface area (Å²) in [4.78, 5) is 10.1. The van der Waals surface area contributed by atoms with Gasteiger partial charge in [0.05, 0.1) is 10.5 Å². The highest BCUT2D eigenvalue weighted by Crippen LogP contribution is 2.28. The van der Waals surface area contributed by atoms with Crippen molar-refractivity contribution < 1.29 is 4.92 Å². The molecule has 4 heteroatoms. The maximum absolute atomic E-state index is 10.5. The second kappa shape index (κ2) is 3.62. The summed E-state index contributed by atoms with van der Waals surface area (Å²) >= 11 is 0. The molecule has 0 atom stereocenters. The molecule has 0 bridgehead atoms. The summed E-state index contributed by atoms with van der Waals surface area (Å²) in [5.41, 5.74) is 6.75. The van der Waals surface area contributed by atoms with Crippen molar-refractivity contribution in [2.45, 2.75) is 12.8 Å². The zero-order valence-electron chi connectivity index (χ0n) is 8.06. The van der Waals surface area contributed by atoms with Crippen molar-refractivity contribution in [3.8, 4) is 11.8 Å². The fraction of sp³-hybridized carbons (Fsp3) is 0.273. The van der Waals surface area contributed by atoms with E-state index in [2.05, 4.69) is 11.8 Å². The van der Waals surface area contributed by atoms with E-state index in [1.54, 1.807) is 0 Å². The Hall–Kier alpha value is -2.02. The number of nitrogen functional groups attached to an aromatic ring is 1. The lowest BCUT2D eigenvalue weighted by atomic mass is 10.1. The number of anilines is 1. The minimum atomic E-state index is -0.443. The first-order valence-electron chi connectivity index (χ1n) is 4.72. The number of hydrogen-bond acceptors (Lipinski definition) is 3. The van der Waals surface area contributed by atoms with Gasteiger partial charge < -0.3 is 5.73 Å². The molecule has 1 saturated carbocycles. The molecule has 4 nitrogen and oxygen atoms in total. The van der Waals surface area contributed by atoms with E-state index in [0.29, 0.717) is 17.2 Å². The predicted octanol–water partition coefficient (Wildman–Crippen LogP) is 1.94. The number of nitrogens with zero attached hydrogens (tertiary/aromatic N) is 1. The molecule has 0 aromatic heterocycles. The van der Waals surface area contributed by atoms with Crippen LogP contribution in [-0.2, 0) is 0 Å². The zero-order chi connectivity index (χ0) is 10.8. The van der Waals surface area contributed by atoms with E-state index in [1.165, 1.54) is 18.2 Å². The Kier molecular flexibility index (Phi) is 2.30. The largest absolute Gasteiger partial charge is 0.398 e. The smallest absolute Gasteiger partial charge is 0.270 e. The van der Waals surface area contributed by atoms with Gasteiger partial charge in [0.1, 0.15) is 0 Å². The molecule has 1 aliphatic rings. The average molecular weight is 202 g/mol. The molecule has 0 amide bonds. The molecule has 0 aliphatic heterocycles. The minimum Gasteiger partial charge on any atom is -0.398 e.